The molecule has 0 bridgehead atoms. The summed E-state index contributed by atoms with van der Waals surface area (Å²) in [5.74, 6) is 0.695. The Morgan fingerprint density at radius 3 is 2.72 bits per heavy atom. The zero-order valence-electron chi connectivity index (χ0n) is 15.5. The third-order valence-corrected chi connectivity index (χ3v) is 4.96. The van der Waals surface area contributed by atoms with Crippen LogP contribution in [0.1, 0.15) is 41.8 Å². The fourth-order valence-electron chi connectivity index (χ4n) is 3.67. The molecule has 0 aliphatic carbocycles. The molecule has 0 radical (unpaired) electrons. The summed E-state index contributed by atoms with van der Waals surface area (Å²) in [6.07, 6.45) is 4.95. The predicted octanol–water partition coefficient (Wildman–Crippen LogP) is 1.86. The Labute approximate surface area is 148 Å². The standard InChI is InChI=1S/C18H27N5O2/c1-13(17-14(2)20-25-15(17)3)18(24)23-7-5-6-22(8-9-23)12-16-10-19-21(4)11-16/h10-11,13H,5-9,12H2,1-4H3/t13-/m1/s1. The van der Waals surface area contributed by atoms with Crippen LogP contribution in [0, 0.1) is 13.8 Å². The van der Waals surface area contributed by atoms with Gasteiger partial charge < -0.3 is 9.42 Å². The lowest BCUT2D eigenvalue weighted by atomic mass is 9.98. The summed E-state index contributed by atoms with van der Waals surface area (Å²) in [6.45, 7) is 10.0. The van der Waals surface area contributed by atoms with Crippen LogP contribution in [0.25, 0.3) is 0 Å². The van der Waals surface area contributed by atoms with Crippen LogP contribution in [-0.4, -0.2) is 56.8 Å². The molecule has 0 spiro atoms. The summed E-state index contributed by atoms with van der Waals surface area (Å²) in [5.41, 5.74) is 2.96. The lowest BCUT2D eigenvalue weighted by molar-refractivity contribution is -0.132. The molecule has 25 heavy (non-hydrogen) atoms. The van der Waals surface area contributed by atoms with E-state index in [-0.39, 0.29) is 11.8 Å². The number of hydrogen-bond acceptors (Lipinski definition) is 5. The molecule has 7 nitrogen and oxygen atoms in total. The van der Waals surface area contributed by atoms with Gasteiger partial charge in [0, 0.05) is 57.1 Å². The number of carbonyl (C=O) groups excluding carboxylic acids is 1. The second-order valence-electron chi connectivity index (χ2n) is 6.94. The van der Waals surface area contributed by atoms with E-state index in [0.29, 0.717) is 0 Å². The quantitative estimate of drug-likeness (QED) is 0.846. The number of aromatic nitrogens is 3. The summed E-state index contributed by atoms with van der Waals surface area (Å²) >= 11 is 0. The molecule has 1 aliphatic heterocycles. The maximum absolute atomic E-state index is 12.9. The van der Waals surface area contributed by atoms with E-state index in [1.54, 1.807) is 0 Å². The molecule has 0 N–H and O–H groups in total. The smallest absolute Gasteiger partial charge is 0.230 e. The zero-order valence-corrected chi connectivity index (χ0v) is 15.5. The molecule has 0 aromatic carbocycles. The Kier molecular flexibility index (Phi) is 5.22. The minimum atomic E-state index is -0.212. The van der Waals surface area contributed by atoms with Gasteiger partial charge in [0.1, 0.15) is 5.76 Å². The van der Waals surface area contributed by atoms with E-state index in [2.05, 4.69) is 15.2 Å². The molecular weight excluding hydrogens is 318 g/mol. The van der Waals surface area contributed by atoms with Crippen molar-refractivity contribution in [1.82, 2.24) is 24.7 Å². The highest BCUT2D eigenvalue weighted by Gasteiger charge is 2.28. The molecule has 1 atom stereocenters. The highest BCUT2D eigenvalue weighted by molar-refractivity contribution is 5.83. The van der Waals surface area contributed by atoms with Crippen molar-refractivity contribution >= 4 is 5.91 Å². The molecule has 136 valence electrons. The fourth-order valence-corrected chi connectivity index (χ4v) is 3.67. The Balaban J connectivity index is 1.61. The largest absolute Gasteiger partial charge is 0.361 e. The first-order valence-corrected chi connectivity index (χ1v) is 8.87. The van der Waals surface area contributed by atoms with Crippen molar-refractivity contribution in [3.63, 3.8) is 0 Å². The average Bonchev–Trinajstić information content (AvgIpc) is 3.04. The summed E-state index contributed by atoms with van der Waals surface area (Å²) < 4.78 is 7.05. The molecule has 7 heteroatoms. The molecule has 0 saturated carbocycles. The van der Waals surface area contributed by atoms with Gasteiger partial charge in [0.25, 0.3) is 0 Å². The molecule has 1 fully saturated rings. The van der Waals surface area contributed by atoms with Crippen LogP contribution < -0.4 is 0 Å². The zero-order chi connectivity index (χ0) is 18.0. The Bertz CT molecular complexity index is 716. The SMILES string of the molecule is Cc1noc(C)c1[C@@H](C)C(=O)N1CCCN(Cc2cnn(C)c2)CC1. The lowest BCUT2D eigenvalue weighted by Gasteiger charge is -2.24. The summed E-state index contributed by atoms with van der Waals surface area (Å²) in [6, 6.07) is 0. The first-order valence-electron chi connectivity index (χ1n) is 8.87. The minimum absolute atomic E-state index is 0.164. The van der Waals surface area contributed by atoms with Gasteiger partial charge >= 0.3 is 0 Å². The molecule has 0 unspecified atom stereocenters. The van der Waals surface area contributed by atoms with Gasteiger partial charge in [0.15, 0.2) is 0 Å². The molecular formula is C18H27N5O2. The molecule has 3 rings (SSSR count). The van der Waals surface area contributed by atoms with Crippen LogP contribution in [0.15, 0.2) is 16.9 Å². The van der Waals surface area contributed by atoms with Crippen molar-refractivity contribution in [2.75, 3.05) is 26.2 Å². The molecule has 3 heterocycles. The van der Waals surface area contributed by atoms with E-state index in [1.165, 1.54) is 5.56 Å². The normalized spacial score (nSPS) is 17.5. The molecule has 1 aliphatic rings. The Hall–Kier alpha value is -2.15. The molecule has 2 aromatic heterocycles. The van der Waals surface area contributed by atoms with Crippen LogP contribution in [0.2, 0.25) is 0 Å². The van der Waals surface area contributed by atoms with Crippen LogP contribution in [-0.2, 0) is 18.4 Å². The first kappa shape index (κ1) is 17.7. The van der Waals surface area contributed by atoms with Crippen molar-refractivity contribution < 1.29 is 9.32 Å². The van der Waals surface area contributed by atoms with Gasteiger partial charge in [-0.1, -0.05) is 5.16 Å². The van der Waals surface area contributed by atoms with Crippen LogP contribution >= 0.6 is 0 Å². The predicted molar refractivity (Wildman–Crippen MR) is 94.1 cm³/mol. The minimum Gasteiger partial charge on any atom is -0.361 e. The Morgan fingerprint density at radius 1 is 1.28 bits per heavy atom. The van der Waals surface area contributed by atoms with Gasteiger partial charge in [-0.3, -0.25) is 14.4 Å². The maximum atomic E-state index is 12.9. The van der Waals surface area contributed by atoms with Gasteiger partial charge in [-0.15, -0.1) is 0 Å². The topological polar surface area (TPSA) is 67.4 Å². The third-order valence-electron chi connectivity index (χ3n) is 4.96. The van der Waals surface area contributed by atoms with Crippen molar-refractivity contribution in [2.45, 2.75) is 39.7 Å². The number of carbonyl (C=O) groups is 1. The molecule has 1 saturated heterocycles. The van der Waals surface area contributed by atoms with Gasteiger partial charge in [-0.25, -0.2) is 0 Å². The van der Waals surface area contributed by atoms with Gasteiger partial charge in [0.05, 0.1) is 17.8 Å². The van der Waals surface area contributed by atoms with E-state index >= 15 is 0 Å². The van der Waals surface area contributed by atoms with E-state index in [1.807, 2.05) is 49.8 Å². The van der Waals surface area contributed by atoms with E-state index in [9.17, 15) is 4.79 Å². The second kappa shape index (κ2) is 7.39. The van der Waals surface area contributed by atoms with Gasteiger partial charge in [-0.2, -0.15) is 5.10 Å². The van der Waals surface area contributed by atoms with Crippen molar-refractivity contribution in [3.05, 3.63) is 35.0 Å². The summed E-state index contributed by atoms with van der Waals surface area (Å²) in [5, 5.41) is 8.21. The Morgan fingerprint density at radius 2 is 2.08 bits per heavy atom. The maximum Gasteiger partial charge on any atom is 0.230 e. The summed E-state index contributed by atoms with van der Waals surface area (Å²) in [7, 11) is 1.93. The fraction of sp³-hybridized carbons (Fsp3) is 0.611. The highest BCUT2D eigenvalue weighted by Crippen LogP contribution is 2.25. The van der Waals surface area contributed by atoms with Crippen molar-refractivity contribution in [1.29, 1.82) is 0 Å². The third kappa shape index (κ3) is 3.92. The van der Waals surface area contributed by atoms with E-state index in [0.717, 1.165) is 56.2 Å². The average molecular weight is 345 g/mol. The van der Waals surface area contributed by atoms with Crippen LogP contribution in [0.5, 0.6) is 0 Å². The van der Waals surface area contributed by atoms with Crippen molar-refractivity contribution in [3.8, 4) is 0 Å². The van der Waals surface area contributed by atoms with Crippen molar-refractivity contribution in [2.24, 2.45) is 7.05 Å². The summed E-state index contributed by atoms with van der Waals surface area (Å²) in [4.78, 5) is 17.3. The van der Waals surface area contributed by atoms with Gasteiger partial charge in [-0.05, 0) is 27.2 Å². The molecule has 1 amide bonds. The number of aryl methyl sites for hydroxylation is 3. The van der Waals surface area contributed by atoms with Crippen LogP contribution in [0.4, 0.5) is 0 Å². The number of rotatable bonds is 4. The molecule has 2 aromatic rings. The van der Waals surface area contributed by atoms with E-state index < -0.39 is 0 Å². The van der Waals surface area contributed by atoms with Gasteiger partial charge in [0.2, 0.25) is 5.91 Å². The highest BCUT2D eigenvalue weighted by atomic mass is 16.5. The number of hydrogen-bond donors (Lipinski definition) is 0. The second-order valence-corrected chi connectivity index (χ2v) is 6.94. The number of nitrogens with zero attached hydrogens (tertiary/aromatic N) is 5. The monoisotopic (exact) mass is 345 g/mol. The first-order chi connectivity index (χ1) is 12.0. The van der Waals surface area contributed by atoms with Crippen LogP contribution in [0.3, 0.4) is 0 Å². The number of amides is 1. The van der Waals surface area contributed by atoms with E-state index in [4.69, 9.17) is 4.52 Å². The lowest BCUT2D eigenvalue weighted by Crippen LogP contribution is -2.37.